The van der Waals surface area contributed by atoms with Crippen LogP contribution < -0.4 is 30.7 Å². The van der Waals surface area contributed by atoms with Crippen molar-refractivity contribution in [3.05, 3.63) is 184 Å². The smallest absolute Gasteiger partial charge is 0.306 e. The molecule has 4 atom stereocenters. The number of rotatable bonds is 44. The summed E-state index contributed by atoms with van der Waals surface area (Å²) < 4.78 is 58.9. The first-order valence-electron chi connectivity index (χ1n) is 42.8. The summed E-state index contributed by atoms with van der Waals surface area (Å²) in [5.41, 5.74) is 7.71. The number of benzene rings is 4. The molecule has 10 heterocycles. The van der Waals surface area contributed by atoms with Gasteiger partial charge in [-0.15, -0.1) is 43.1 Å². The summed E-state index contributed by atoms with van der Waals surface area (Å²) in [5, 5.41) is 39.8. The van der Waals surface area contributed by atoms with Crippen molar-refractivity contribution in [1.82, 2.24) is 60.6 Å². The second kappa shape index (κ2) is 49.9. The first-order chi connectivity index (χ1) is 63.2. The molecule has 14 rings (SSSR count). The Labute approximate surface area is 786 Å². The number of carbonyl (C=O) groups excluding carboxylic acids is 11. The lowest BCUT2D eigenvalue weighted by atomic mass is 9.99. The molecule has 2 fully saturated rings. The number of aryl methyl sites for hydroxylation is 4. The average molecular weight is 1920 g/mol. The number of nitrogens with zero attached hydrogens (tertiary/aromatic N) is 10. The number of aliphatic imine (C=N–C) groups is 2. The first-order valence-corrected chi connectivity index (χ1v) is 45.2. The van der Waals surface area contributed by atoms with E-state index in [0.29, 0.717) is 127 Å². The molecule has 6 aliphatic heterocycles. The zero-order valence-electron chi connectivity index (χ0n) is 73.4. The SMILES string of the molecule is C.C.CCCOCCOCCOCCOCCCC(=O)COc1cccc2c1C(=O)N(C1CCC(=O)NC1=O)C2=O.Cc1sc2c(c1C)C(c1ccc(Cl)cc1)=N[C@@H](CC(=O)NCCOCCOCCOCCOCCNC(=O)COc1cccc3c1C(=O)N(C1CCC(=O)NC1=O)C3=O)c1nnc(C)n1-2.Cc1sc2c(c1C)C(c1ccc(Cl)cc1)=N[C@@H](CC(=O)O)c1nnc(C)n1-2. The number of aromatic nitrogens is 6. The number of halogens is 2. The topological polar surface area (TPSA) is 458 Å². The fraction of sp³-hybridized carbons (Fsp3) is 0.457. The molecular formula is C92H110Cl2N14O23S2. The minimum atomic E-state index is -1.11. The van der Waals surface area contributed by atoms with E-state index in [9.17, 15) is 62.6 Å². The number of carboxylic acids is 1. The van der Waals surface area contributed by atoms with E-state index in [-0.39, 0.29) is 125 Å². The minimum absolute atomic E-state index is 0. The second-order valence-electron chi connectivity index (χ2n) is 30.7. The highest BCUT2D eigenvalue weighted by Gasteiger charge is 2.48. The predicted octanol–water partition coefficient (Wildman–Crippen LogP) is 9.81. The number of Topliss-reactive ketones (excluding diaryl/α,β-unsaturated/α-hetero) is 1. The highest BCUT2D eigenvalue weighted by Crippen LogP contribution is 2.43. The Morgan fingerprint density at radius 2 is 0.850 bits per heavy atom. The van der Waals surface area contributed by atoms with E-state index < -0.39 is 89.9 Å². The van der Waals surface area contributed by atoms with E-state index in [2.05, 4.69) is 76.3 Å². The number of thiophene rings is 2. The number of ketones is 1. The summed E-state index contributed by atoms with van der Waals surface area (Å²) in [6.07, 6.45) is 1.75. The Kier molecular flexibility index (Phi) is 38.9. The Morgan fingerprint density at radius 1 is 0.466 bits per heavy atom. The van der Waals surface area contributed by atoms with E-state index in [4.69, 9.17) is 80.6 Å². The van der Waals surface area contributed by atoms with E-state index in [1.165, 1.54) is 40.1 Å². The Balaban J connectivity index is 0.000000228. The van der Waals surface area contributed by atoms with Crippen molar-refractivity contribution in [3.8, 4) is 21.5 Å². The van der Waals surface area contributed by atoms with Crippen LogP contribution in [0.25, 0.3) is 10.0 Å². The molecule has 0 radical (unpaired) electrons. The van der Waals surface area contributed by atoms with Gasteiger partial charge in [0.15, 0.2) is 24.0 Å². The summed E-state index contributed by atoms with van der Waals surface area (Å²) in [6, 6.07) is 20.6. The molecule has 133 heavy (non-hydrogen) atoms. The normalized spacial score (nSPS) is 16.3. The van der Waals surface area contributed by atoms with Gasteiger partial charge in [-0.3, -0.25) is 97.1 Å². The van der Waals surface area contributed by atoms with Crippen LogP contribution in [-0.4, -0.2) is 271 Å². The number of piperidine rings is 2. The van der Waals surface area contributed by atoms with Gasteiger partial charge in [-0.05, 0) is 127 Å². The molecule has 41 heteroatoms. The molecule has 4 aromatic heterocycles. The lowest BCUT2D eigenvalue weighted by Crippen LogP contribution is -2.54. The van der Waals surface area contributed by atoms with Crippen molar-refractivity contribution in [2.24, 2.45) is 9.98 Å². The second-order valence-corrected chi connectivity index (χ2v) is 34.0. The van der Waals surface area contributed by atoms with Gasteiger partial charge in [-0.25, -0.2) is 0 Å². The van der Waals surface area contributed by atoms with Crippen molar-refractivity contribution >= 4 is 128 Å². The van der Waals surface area contributed by atoms with Crippen LogP contribution in [0.1, 0.15) is 200 Å². The van der Waals surface area contributed by atoms with Gasteiger partial charge in [0.1, 0.15) is 63.9 Å². The van der Waals surface area contributed by atoms with Gasteiger partial charge in [0.25, 0.3) is 29.5 Å². The molecule has 8 aromatic rings. The fourth-order valence-corrected chi connectivity index (χ4v) is 17.6. The molecule has 2 saturated heterocycles. The highest BCUT2D eigenvalue weighted by atomic mass is 35.5. The number of hydrogen-bond acceptors (Lipinski definition) is 30. The molecule has 0 spiro atoms. The maximum absolute atomic E-state index is 13.2. The van der Waals surface area contributed by atoms with Gasteiger partial charge >= 0.3 is 5.97 Å². The number of amides is 10. The zero-order chi connectivity index (χ0) is 93.4. The Morgan fingerprint density at radius 3 is 1.26 bits per heavy atom. The number of aliphatic carboxylic acids is 1. The maximum atomic E-state index is 13.2. The lowest BCUT2D eigenvalue weighted by Gasteiger charge is -2.27. The molecule has 0 aliphatic carbocycles. The van der Waals surface area contributed by atoms with E-state index in [1.807, 2.05) is 71.5 Å². The molecule has 4 aromatic carbocycles. The molecule has 712 valence electrons. The molecule has 6 aliphatic rings. The molecule has 0 bridgehead atoms. The molecular weight excluding hydrogens is 1800 g/mol. The largest absolute Gasteiger partial charge is 0.485 e. The number of fused-ring (bicyclic) bond motifs is 8. The van der Waals surface area contributed by atoms with E-state index in [1.54, 1.807) is 28.7 Å². The molecule has 5 N–H and O–H groups in total. The molecule has 10 amide bonds. The van der Waals surface area contributed by atoms with Gasteiger partial charge in [-0.2, -0.15) is 0 Å². The van der Waals surface area contributed by atoms with Crippen LogP contribution >= 0.6 is 45.9 Å². The standard InChI is InChI=1S/C44H49ClN8O11S.C27H36N2O10.C19H17ClN4O2S.2CH4/c1-25-26(2)65-44-37(25)39(28-7-9-29(45)10-8-28)48-31(40-51-50-27(3)52(40)44)23-35(55)46-13-15-60-17-19-62-21-22-63-20-18-61-16-14-47-36(56)24-64-33-6-4-5-30-38(33)43(59)53(42(30)58)32-11-12-34(54)49-41(32)57;1-2-10-35-12-14-37-16-17-38-15-13-36-11-4-5-19(30)18-39-22-7-3-6-20-24(22)27(34)29(26(20)33)21-8-9-23(31)28-25(21)32;1-9-10(2)27-19-16(9)17(12-4-6-13(20)7-5-12)21-14(8-15(25)26)18-23-22-11(3)24(18)19;;/h4-10,31-32H,11-24H2,1-3H3,(H,46,55)(H,47,56)(H,49,54,57);3,6-7,21H,2,4-5,8-18H2,1H3,(H,28,31,32);4-7,14H,8H2,1-3H3,(H,25,26);2*1H4/t31-,32?;;14-;;/m0.0../s1. The van der Waals surface area contributed by atoms with Crippen molar-refractivity contribution < 1.29 is 110 Å². The van der Waals surface area contributed by atoms with Gasteiger partial charge in [0.2, 0.25) is 29.5 Å². The number of imide groups is 4. The molecule has 2 unspecified atom stereocenters. The number of ether oxygens (including phenoxy) is 10. The number of carbonyl (C=O) groups is 12. The summed E-state index contributed by atoms with van der Waals surface area (Å²) in [7, 11) is 0. The number of nitrogens with one attached hydrogen (secondary N) is 4. The number of carboxylic acid groups (broad SMARTS) is 1. The maximum Gasteiger partial charge on any atom is 0.306 e. The summed E-state index contributed by atoms with van der Waals surface area (Å²) in [5.74, 6) is -4.07. The summed E-state index contributed by atoms with van der Waals surface area (Å²) in [4.78, 5) is 163. The van der Waals surface area contributed by atoms with Gasteiger partial charge in [-0.1, -0.05) is 81.4 Å². The predicted molar refractivity (Wildman–Crippen MR) is 491 cm³/mol. The van der Waals surface area contributed by atoms with E-state index >= 15 is 0 Å². The minimum Gasteiger partial charge on any atom is -0.485 e. The molecule has 0 saturated carbocycles. The Hall–Kier alpha value is -11.6. The summed E-state index contributed by atoms with van der Waals surface area (Å²) in [6.45, 7) is 20.5. The molecule has 37 nitrogen and oxygen atoms in total. The van der Waals surface area contributed by atoms with Gasteiger partial charge in [0.05, 0.1) is 139 Å². The first kappa shape index (κ1) is 103. The van der Waals surface area contributed by atoms with Gasteiger partial charge < -0.3 is 63.1 Å². The van der Waals surface area contributed by atoms with Crippen molar-refractivity contribution in [1.29, 1.82) is 0 Å². The third kappa shape index (κ3) is 26.3. The zero-order valence-corrected chi connectivity index (χ0v) is 76.5. The van der Waals surface area contributed by atoms with Crippen molar-refractivity contribution in [3.63, 3.8) is 0 Å². The van der Waals surface area contributed by atoms with Crippen molar-refractivity contribution in [2.75, 3.05) is 132 Å². The van der Waals surface area contributed by atoms with Crippen molar-refractivity contribution in [2.45, 2.75) is 145 Å². The third-order valence-electron chi connectivity index (χ3n) is 21.5. The monoisotopic (exact) mass is 1910 g/mol. The fourth-order valence-electron chi connectivity index (χ4n) is 14.9. The van der Waals surface area contributed by atoms with E-state index in [0.717, 1.165) is 89.3 Å². The summed E-state index contributed by atoms with van der Waals surface area (Å²) >= 11 is 15.6. The van der Waals surface area contributed by atoms with Crippen LogP contribution in [0.5, 0.6) is 11.5 Å². The lowest BCUT2D eigenvalue weighted by molar-refractivity contribution is -0.138. The van der Waals surface area contributed by atoms with Crippen LogP contribution in [0.2, 0.25) is 10.0 Å². The highest BCUT2D eigenvalue weighted by molar-refractivity contribution is 7.15. The van der Waals surface area contributed by atoms with Crippen LogP contribution in [0.15, 0.2) is 94.9 Å². The average Bonchev–Trinajstić information content (AvgIpc) is 1.55. The van der Waals surface area contributed by atoms with Crippen LogP contribution in [-0.2, 0) is 76.3 Å². The third-order valence-corrected chi connectivity index (χ3v) is 24.4. The quantitative estimate of drug-likeness (QED) is 0.0175. The van der Waals surface area contributed by atoms with Gasteiger partial charge in [0, 0.05) is 87.6 Å². The number of hydrogen-bond donors (Lipinski definition) is 5. The Bertz CT molecular complexity index is 5600. The van der Waals surface area contributed by atoms with Crippen LogP contribution in [0.3, 0.4) is 0 Å². The van der Waals surface area contributed by atoms with Crippen LogP contribution in [0.4, 0.5) is 0 Å². The van der Waals surface area contributed by atoms with Crippen LogP contribution in [0, 0.1) is 41.5 Å².